The lowest BCUT2D eigenvalue weighted by Gasteiger charge is -2.19. The topological polar surface area (TPSA) is 96.0 Å². The fourth-order valence-corrected chi connectivity index (χ4v) is 4.00. The fraction of sp³-hybridized carbons (Fsp3) is 0.462. The summed E-state index contributed by atoms with van der Waals surface area (Å²) < 4.78 is 26.9. The van der Waals surface area contributed by atoms with Crippen molar-refractivity contribution in [2.45, 2.75) is 31.1 Å². The standard InChI is InChI=1S/C13H19N3O2S/c14-13(15)11-7-4-8-12(11)16-19(17,18)9-10-5-2-1-3-6-10/h1-3,5-6,11-12,16H,4,7-9H2,(H3,14,15). The number of sulfonamides is 1. The van der Waals surface area contributed by atoms with Crippen LogP contribution in [0.5, 0.6) is 0 Å². The predicted molar refractivity (Wildman–Crippen MR) is 75.2 cm³/mol. The Labute approximate surface area is 113 Å². The van der Waals surface area contributed by atoms with Crippen LogP contribution in [0.15, 0.2) is 30.3 Å². The van der Waals surface area contributed by atoms with Gasteiger partial charge in [0, 0.05) is 12.0 Å². The Kier molecular flexibility index (Phi) is 4.21. The zero-order chi connectivity index (χ0) is 13.9. The summed E-state index contributed by atoms with van der Waals surface area (Å²) in [5.74, 6) is -0.120. The zero-order valence-corrected chi connectivity index (χ0v) is 11.5. The van der Waals surface area contributed by atoms with Crippen molar-refractivity contribution in [2.75, 3.05) is 0 Å². The van der Waals surface area contributed by atoms with E-state index in [1.807, 2.05) is 18.2 Å². The summed E-state index contributed by atoms with van der Waals surface area (Å²) >= 11 is 0. The van der Waals surface area contributed by atoms with E-state index in [4.69, 9.17) is 11.1 Å². The molecule has 2 atom stereocenters. The molecule has 0 aromatic heterocycles. The molecule has 4 N–H and O–H groups in total. The van der Waals surface area contributed by atoms with Gasteiger partial charge in [0.05, 0.1) is 11.6 Å². The van der Waals surface area contributed by atoms with Crippen molar-refractivity contribution in [2.24, 2.45) is 11.7 Å². The van der Waals surface area contributed by atoms with E-state index in [2.05, 4.69) is 4.72 Å². The van der Waals surface area contributed by atoms with Crippen LogP contribution < -0.4 is 10.5 Å². The minimum atomic E-state index is -3.39. The summed E-state index contributed by atoms with van der Waals surface area (Å²) in [5.41, 5.74) is 6.26. The Hall–Kier alpha value is -1.40. The van der Waals surface area contributed by atoms with Crippen LogP contribution in [-0.2, 0) is 15.8 Å². The molecule has 1 aliphatic carbocycles. The SMILES string of the molecule is N=C(N)C1CCCC1NS(=O)(=O)Cc1ccccc1. The van der Waals surface area contributed by atoms with E-state index in [1.54, 1.807) is 12.1 Å². The molecular weight excluding hydrogens is 262 g/mol. The summed E-state index contributed by atoms with van der Waals surface area (Å²) in [6, 6.07) is 8.84. The molecule has 0 radical (unpaired) electrons. The van der Waals surface area contributed by atoms with Gasteiger partial charge in [-0.2, -0.15) is 0 Å². The number of amidine groups is 1. The van der Waals surface area contributed by atoms with Gasteiger partial charge in [0.15, 0.2) is 0 Å². The fourth-order valence-electron chi connectivity index (χ4n) is 2.54. The highest BCUT2D eigenvalue weighted by Crippen LogP contribution is 2.26. The van der Waals surface area contributed by atoms with E-state index in [0.29, 0.717) is 0 Å². The van der Waals surface area contributed by atoms with Crippen molar-refractivity contribution >= 4 is 15.9 Å². The molecule has 104 valence electrons. The van der Waals surface area contributed by atoms with Crippen molar-refractivity contribution < 1.29 is 8.42 Å². The van der Waals surface area contributed by atoms with Crippen molar-refractivity contribution in [3.63, 3.8) is 0 Å². The first-order valence-electron chi connectivity index (χ1n) is 6.36. The van der Waals surface area contributed by atoms with Gasteiger partial charge in [0.25, 0.3) is 0 Å². The monoisotopic (exact) mass is 281 g/mol. The minimum Gasteiger partial charge on any atom is -0.387 e. The van der Waals surface area contributed by atoms with Gasteiger partial charge in [0.2, 0.25) is 10.0 Å². The highest BCUT2D eigenvalue weighted by molar-refractivity contribution is 7.88. The molecule has 0 spiro atoms. The number of rotatable bonds is 5. The van der Waals surface area contributed by atoms with Crippen molar-refractivity contribution in [1.29, 1.82) is 5.41 Å². The Morgan fingerprint density at radius 1 is 1.32 bits per heavy atom. The number of hydrogen-bond acceptors (Lipinski definition) is 3. The maximum absolute atomic E-state index is 12.1. The summed E-state index contributed by atoms with van der Waals surface area (Å²) in [5, 5.41) is 7.49. The van der Waals surface area contributed by atoms with Crippen LogP contribution in [0.25, 0.3) is 0 Å². The molecule has 6 heteroatoms. The molecule has 19 heavy (non-hydrogen) atoms. The molecule has 1 aliphatic rings. The summed E-state index contributed by atoms with van der Waals surface area (Å²) in [7, 11) is -3.39. The van der Waals surface area contributed by atoms with E-state index >= 15 is 0 Å². The van der Waals surface area contributed by atoms with Crippen LogP contribution in [0.3, 0.4) is 0 Å². The first-order chi connectivity index (χ1) is 8.98. The van der Waals surface area contributed by atoms with E-state index in [9.17, 15) is 8.42 Å². The summed E-state index contributed by atoms with van der Waals surface area (Å²) in [6.07, 6.45) is 2.44. The van der Waals surface area contributed by atoms with E-state index in [1.165, 1.54) is 0 Å². The molecule has 0 heterocycles. The average Bonchev–Trinajstić information content (AvgIpc) is 2.77. The van der Waals surface area contributed by atoms with Gasteiger partial charge in [-0.05, 0) is 18.4 Å². The maximum atomic E-state index is 12.1. The second-order valence-electron chi connectivity index (χ2n) is 4.96. The van der Waals surface area contributed by atoms with Crippen LogP contribution in [0.4, 0.5) is 0 Å². The third kappa shape index (κ3) is 3.78. The Morgan fingerprint density at radius 2 is 2.00 bits per heavy atom. The summed E-state index contributed by atoms with van der Waals surface area (Å²) in [4.78, 5) is 0. The lowest BCUT2D eigenvalue weighted by Crippen LogP contribution is -2.42. The molecule has 0 amide bonds. The third-order valence-corrected chi connectivity index (χ3v) is 4.82. The van der Waals surface area contributed by atoms with Gasteiger partial charge in [0.1, 0.15) is 0 Å². The Balaban J connectivity index is 2.03. The number of nitrogens with two attached hydrogens (primary N) is 1. The molecule has 1 fully saturated rings. The maximum Gasteiger partial charge on any atom is 0.216 e. The van der Waals surface area contributed by atoms with Crippen LogP contribution in [0.2, 0.25) is 0 Å². The van der Waals surface area contributed by atoms with Crippen LogP contribution >= 0.6 is 0 Å². The third-order valence-electron chi connectivity index (χ3n) is 3.45. The first-order valence-corrected chi connectivity index (χ1v) is 8.01. The minimum absolute atomic E-state index is 0.0328. The first kappa shape index (κ1) is 14.0. The molecule has 2 unspecified atom stereocenters. The van der Waals surface area contributed by atoms with Gasteiger partial charge in [-0.1, -0.05) is 36.8 Å². The second kappa shape index (κ2) is 5.71. The molecule has 0 aliphatic heterocycles. The number of nitrogens with one attached hydrogen (secondary N) is 2. The van der Waals surface area contributed by atoms with E-state index < -0.39 is 10.0 Å². The molecule has 5 nitrogen and oxygen atoms in total. The van der Waals surface area contributed by atoms with Crippen LogP contribution in [-0.4, -0.2) is 20.3 Å². The largest absolute Gasteiger partial charge is 0.387 e. The van der Waals surface area contributed by atoms with Gasteiger partial charge in [-0.25, -0.2) is 13.1 Å². The Morgan fingerprint density at radius 3 is 2.63 bits per heavy atom. The predicted octanol–water partition coefficient (Wildman–Crippen LogP) is 1.21. The van der Waals surface area contributed by atoms with Gasteiger partial charge < -0.3 is 5.73 Å². The average molecular weight is 281 g/mol. The number of benzene rings is 1. The molecule has 0 bridgehead atoms. The molecule has 2 rings (SSSR count). The van der Waals surface area contributed by atoms with Crippen molar-refractivity contribution in [3.8, 4) is 0 Å². The lowest BCUT2D eigenvalue weighted by molar-refractivity contribution is 0.521. The molecule has 0 saturated heterocycles. The molecule has 1 saturated carbocycles. The lowest BCUT2D eigenvalue weighted by atomic mass is 10.0. The molecular formula is C13H19N3O2S. The van der Waals surface area contributed by atoms with Gasteiger partial charge in [-0.15, -0.1) is 0 Å². The summed E-state index contributed by atoms with van der Waals surface area (Å²) in [6.45, 7) is 0. The second-order valence-corrected chi connectivity index (χ2v) is 6.72. The number of hydrogen-bond donors (Lipinski definition) is 3. The van der Waals surface area contributed by atoms with E-state index in [-0.39, 0.29) is 23.5 Å². The highest BCUT2D eigenvalue weighted by Gasteiger charge is 2.32. The normalized spacial score (nSPS) is 23.4. The zero-order valence-electron chi connectivity index (χ0n) is 10.7. The van der Waals surface area contributed by atoms with Crippen molar-refractivity contribution in [3.05, 3.63) is 35.9 Å². The quantitative estimate of drug-likeness (QED) is 0.559. The smallest absolute Gasteiger partial charge is 0.216 e. The van der Waals surface area contributed by atoms with Gasteiger partial charge >= 0.3 is 0 Å². The van der Waals surface area contributed by atoms with Crippen LogP contribution in [0, 0.1) is 11.3 Å². The van der Waals surface area contributed by atoms with E-state index in [0.717, 1.165) is 24.8 Å². The molecule has 1 aromatic rings. The van der Waals surface area contributed by atoms with Crippen LogP contribution in [0.1, 0.15) is 24.8 Å². The van der Waals surface area contributed by atoms with Crippen molar-refractivity contribution in [1.82, 2.24) is 4.72 Å². The Bertz CT molecular complexity index is 542. The highest BCUT2D eigenvalue weighted by atomic mass is 32.2. The van der Waals surface area contributed by atoms with Gasteiger partial charge in [-0.3, -0.25) is 5.41 Å². The molecule has 1 aromatic carbocycles.